The number of aromatic nitrogens is 1. The highest BCUT2D eigenvalue weighted by molar-refractivity contribution is 8.00. The molecular weight excluding hydrogens is 696 g/mol. The zero-order valence-electron chi connectivity index (χ0n) is 27.5. The van der Waals surface area contributed by atoms with Crippen molar-refractivity contribution in [1.29, 1.82) is 0 Å². The van der Waals surface area contributed by atoms with Gasteiger partial charge in [-0.15, -0.1) is 23.1 Å². The van der Waals surface area contributed by atoms with Gasteiger partial charge in [-0.05, 0) is 61.5 Å². The van der Waals surface area contributed by atoms with E-state index in [1.165, 1.54) is 50.5 Å². The van der Waals surface area contributed by atoms with E-state index >= 15 is 0 Å². The second kappa shape index (κ2) is 16.9. The number of nitrogens with zero attached hydrogens (tertiary/aromatic N) is 1. The van der Waals surface area contributed by atoms with Crippen molar-refractivity contribution >= 4 is 69.3 Å². The summed E-state index contributed by atoms with van der Waals surface area (Å²) in [6.45, 7) is 1.79. The first kappa shape index (κ1) is 36.0. The summed E-state index contributed by atoms with van der Waals surface area (Å²) in [5.41, 5.74) is 2.89. The molecule has 0 aliphatic rings. The van der Waals surface area contributed by atoms with Crippen LogP contribution in [-0.2, 0) is 9.59 Å². The molecule has 1 unspecified atom stereocenters. The summed E-state index contributed by atoms with van der Waals surface area (Å²) < 4.78 is 16.4. The number of benzene rings is 4. The molecule has 5 rings (SSSR count). The van der Waals surface area contributed by atoms with Crippen LogP contribution >= 0.6 is 34.7 Å². The molecule has 256 valence electrons. The minimum atomic E-state index is -0.584. The van der Waals surface area contributed by atoms with E-state index in [1.807, 2.05) is 23.6 Å². The van der Waals surface area contributed by atoms with Crippen LogP contribution in [0.5, 0.6) is 17.2 Å². The molecule has 5 aromatic rings. The number of nitrogens with one attached hydrogen (secondary N) is 3. The average molecular weight is 729 g/mol. The van der Waals surface area contributed by atoms with Crippen molar-refractivity contribution in [3.63, 3.8) is 0 Å². The third-order valence-corrected chi connectivity index (χ3v) is 9.32. The van der Waals surface area contributed by atoms with Gasteiger partial charge in [0.15, 0.2) is 16.6 Å². The largest absolute Gasteiger partial charge is 0.496 e. The quantitative estimate of drug-likeness (QED) is 0.0822. The van der Waals surface area contributed by atoms with Crippen LogP contribution in [0.25, 0.3) is 17.3 Å². The maximum Gasteiger partial charge on any atom is 0.272 e. The Morgan fingerprint density at radius 1 is 0.840 bits per heavy atom. The van der Waals surface area contributed by atoms with Crippen LogP contribution < -0.4 is 30.2 Å². The number of thioether (sulfide) groups is 1. The van der Waals surface area contributed by atoms with Crippen molar-refractivity contribution in [1.82, 2.24) is 10.3 Å². The lowest BCUT2D eigenvalue weighted by Gasteiger charge is -2.15. The highest BCUT2D eigenvalue weighted by atomic mass is 35.5. The molecule has 3 amide bonds. The summed E-state index contributed by atoms with van der Waals surface area (Å²) >= 11 is 8.65. The zero-order chi connectivity index (χ0) is 35.6. The summed E-state index contributed by atoms with van der Waals surface area (Å²) in [7, 11) is 4.49. The second-order valence-electron chi connectivity index (χ2n) is 10.6. The van der Waals surface area contributed by atoms with Crippen molar-refractivity contribution in [3.05, 3.63) is 118 Å². The molecule has 0 spiro atoms. The Morgan fingerprint density at radius 2 is 1.54 bits per heavy atom. The number of thiazole rings is 1. The average Bonchev–Trinajstić information content (AvgIpc) is 3.60. The molecule has 4 aromatic carbocycles. The molecule has 10 nitrogen and oxygen atoms in total. The number of halogens is 1. The van der Waals surface area contributed by atoms with Gasteiger partial charge in [0.2, 0.25) is 5.91 Å². The topological polar surface area (TPSA) is 128 Å². The maximum atomic E-state index is 13.8. The normalized spacial score (nSPS) is 11.7. The third-order valence-electron chi connectivity index (χ3n) is 7.21. The van der Waals surface area contributed by atoms with E-state index in [0.29, 0.717) is 44.2 Å². The summed E-state index contributed by atoms with van der Waals surface area (Å²) in [4.78, 5) is 45.3. The maximum absolute atomic E-state index is 13.8. The standard InChI is InChI=1S/C37H33ClN4O6S2/c1-22(34(43)42-37-41-30(21-49-37)23-13-15-26(38)16-14-23)50-28-12-8-11-27(19-28)39-36(45)29(40-35(44)24-9-6-5-7-10-24)17-25-18-32(47-3)33(48-4)20-31(25)46-2/h5-22H,1-4H3,(H,39,45)(H,40,44)(H,41,42,43)/b29-17+. The first-order valence-corrected chi connectivity index (χ1v) is 17.3. The van der Waals surface area contributed by atoms with E-state index in [0.717, 1.165) is 16.2 Å². The van der Waals surface area contributed by atoms with Crippen LogP contribution in [0.3, 0.4) is 0 Å². The smallest absolute Gasteiger partial charge is 0.272 e. The second-order valence-corrected chi connectivity index (χ2v) is 13.3. The summed E-state index contributed by atoms with van der Waals surface area (Å²) in [6, 6.07) is 26.2. The molecule has 50 heavy (non-hydrogen) atoms. The first-order chi connectivity index (χ1) is 24.2. The molecule has 0 saturated carbocycles. The fourth-order valence-corrected chi connectivity index (χ4v) is 6.43. The predicted molar refractivity (Wildman–Crippen MR) is 200 cm³/mol. The van der Waals surface area contributed by atoms with Crippen molar-refractivity contribution in [2.75, 3.05) is 32.0 Å². The lowest BCUT2D eigenvalue weighted by molar-refractivity contribution is -0.115. The van der Waals surface area contributed by atoms with E-state index in [9.17, 15) is 14.4 Å². The highest BCUT2D eigenvalue weighted by Gasteiger charge is 2.20. The lowest BCUT2D eigenvalue weighted by Crippen LogP contribution is -2.30. The van der Waals surface area contributed by atoms with Crippen molar-refractivity contribution < 1.29 is 28.6 Å². The third kappa shape index (κ3) is 9.23. The molecular formula is C37H33ClN4O6S2. The highest BCUT2D eigenvalue weighted by Crippen LogP contribution is 2.36. The Balaban J connectivity index is 1.32. The van der Waals surface area contributed by atoms with Crippen LogP contribution in [0, 0.1) is 0 Å². The number of hydrogen-bond acceptors (Lipinski definition) is 9. The summed E-state index contributed by atoms with van der Waals surface area (Å²) in [6.07, 6.45) is 1.50. The lowest BCUT2D eigenvalue weighted by atomic mass is 10.1. The van der Waals surface area contributed by atoms with Gasteiger partial charge in [0.05, 0.1) is 32.3 Å². The van der Waals surface area contributed by atoms with E-state index in [2.05, 4.69) is 20.9 Å². The zero-order valence-corrected chi connectivity index (χ0v) is 29.9. The van der Waals surface area contributed by atoms with Gasteiger partial charge in [-0.25, -0.2) is 4.98 Å². The number of anilines is 2. The monoisotopic (exact) mass is 728 g/mol. The molecule has 0 bridgehead atoms. The number of ether oxygens (including phenoxy) is 3. The van der Waals surface area contributed by atoms with Crippen molar-refractivity contribution in [2.24, 2.45) is 0 Å². The SMILES string of the molecule is COc1cc(OC)c(OC)cc1/C=C(/NC(=O)c1ccccc1)C(=O)Nc1cccc(SC(C)C(=O)Nc2nc(-c3ccc(Cl)cc3)cs2)c1. The molecule has 13 heteroatoms. The number of amides is 3. The molecule has 0 fully saturated rings. The van der Waals surface area contributed by atoms with E-state index in [-0.39, 0.29) is 11.6 Å². The van der Waals surface area contributed by atoms with Gasteiger partial charge >= 0.3 is 0 Å². The van der Waals surface area contributed by atoms with Gasteiger partial charge in [-0.3, -0.25) is 14.4 Å². The number of carbonyl (C=O) groups excluding carboxylic acids is 3. The van der Waals surface area contributed by atoms with E-state index < -0.39 is 17.1 Å². The van der Waals surface area contributed by atoms with Crippen molar-refractivity contribution in [3.8, 4) is 28.5 Å². The van der Waals surface area contributed by atoms with E-state index in [1.54, 1.807) is 79.7 Å². The number of methoxy groups -OCH3 is 3. The minimum absolute atomic E-state index is 0.0448. The Labute approximate surface area is 302 Å². The van der Waals surface area contributed by atoms with Gasteiger partial charge in [-0.2, -0.15) is 0 Å². The molecule has 1 heterocycles. The van der Waals surface area contributed by atoms with Gasteiger partial charge in [0.25, 0.3) is 11.8 Å². The molecule has 0 aliphatic carbocycles. The fraction of sp³-hybridized carbons (Fsp3) is 0.135. The van der Waals surface area contributed by atoms with Crippen LogP contribution in [0.1, 0.15) is 22.8 Å². The molecule has 0 radical (unpaired) electrons. The summed E-state index contributed by atoms with van der Waals surface area (Å²) in [5, 5.41) is 11.0. The Hall–Kier alpha value is -5.30. The van der Waals surface area contributed by atoms with Gasteiger partial charge in [0.1, 0.15) is 11.4 Å². The minimum Gasteiger partial charge on any atom is -0.496 e. The molecule has 1 atom stereocenters. The van der Waals surface area contributed by atoms with Crippen LogP contribution in [-0.4, -0.2) is 49.3 Å². The predicted octanol–water partition coefficient (Wildman–Crippen LogP) is 8.02. The number of carbonyl (C=O) groups is 3. The Morgan fingerprint density at radius 3 is 2.24 bits per heavy atom. The number of hydrogen-bond donors (Lipinski definition) is 3. The Bertz CT molecular complexity index is 2020. The molecule has 0 aliphatic heterocycles. The van der Waals surface area contributed by atoms with Gasteiger partial charge in [0, 0.05) is 43.7 Å². The van der Waals surface area contributed by atoms with Crippen LogP contribution in [0.15, 0.2) is 107 Å². The Kier molecular flexibility index (Phi) is 12.2. The molecule has 3 N–H and O–H groups in total. The molecule has 0 saturated heterocycles. The summed E-state index contributed by atoms with van der Waals surface area (Å²) in [5.74, 6) is -0.0399. The first-order valence-electron chi connectivity index (χ1n) is 15.2. The van der Waals surface area contributed by atoms with Gasteiger partial charge in [-0.1, -0.05) is 48.0 Å². The van der Waals surface area contributed by atoms with E-state index in [4.69, 9.17) is 25.8 Å². The van der Waals surface area contributed by atoms with Crippen LogP contribution in [0.4, 0.5) is 10.8 Å². The van der Waals surface area contributed by atoms with Gasteiger partial charge < -0.3 is 30.2 Å². The fourth-order valence-electron chi connectivity index (χ4n) is 4.66. The molecule has 1 aromatic heterocycles. The van der Waals surface area contributed by atoms with Crippen LogP contribution in [0.2, 0.25) is 5.02 Å². The number of rotatable bonds is 13. The van der Waals surface area contributed by atoms with Crippen molar-refractivity contribution in [2.45, 2.75) is 17.1 Å².